The number of benzene rings is 4. The molecule has 4 aromatic carbocycles. The van der Waals surface area contributed by atoms with Crippen LogP contribution in [0.3, 0.4) is 0 Å². The molecule has 0 bridgehead atoms. The number of carbonyl (C=O) groups excluding carboxylic acids is 3. The van der Waals surface area contributed by atoms with Gasteiger partial charge in [-0.25, -0.2) is 0 Å². The van der Waals surface area contributed by atoms with Crippen molar-refractivity contribution >= 4 is 46.5 Å². The number of nitrogens with one attached hydrogen (secondary N) is 1. The molecule has 6 heteroatoms. The van der Waals surface area contributed by atoms with Gasteiger partial charge in [0.2, 0.25) is 5.91 Å². The number of Topliss-reactive ketones (excluding diaryl/α,β-unsaturated/α-hetero) is 2. The van der Waals surface area contributed by atoms with Gasteiger partial charge in [0, 0.05) is 22.5 Å². The van der Waals surface area contributed by atoms with Crippen molar-refractivity contribution in [1.82, 2.24) is 0 Å². The van der Waals surface area contributed by atoms with Crippen LogP contribution in [0.4, 0.5) is 11.4 Å². The summed E-state index contributed by atoms with van der Waals surface area (Å²) in [5, 5.41) is 3.35. The fourth-order valence-electron chi connectivity index (χ4n) is 6.72. The van der Waals surface area contributed by atoms with Crippen molar-refractivity contribution in [3.63, 3.8) is 0 Å². The van der Waals surface area contributed by atoms with Gasteiger partial charge in [-0.3, -0.25) is 14.4 Å². The molecule has 4 aromatic rings. The third kappa shape index (κ3) is 3.23. The fourth-order valence-corrected chi connectivity index (χ4v) is 6.95. The highest BCUT2D eigenvalue weighted by Gasteiger charge is 2.70. The van der Waals surface area contributed by atoms with Gasteiger partial charge in [-0.05, 0) is 35.4 Å². The maximum Gasteiger partial charge on any atom is 0.238 e. The summed E-state index contributed by atoms with van der Waals surface area (Å²) >= 11 is 6.56. The van der Waals surface area contributed by atoms with Crippen molar-refractivity contribution in [2.24, 2.45) is 5.92 Å². The van der Waals surface area contributed by atoms with Crippen LogP contribution in [0, 0.1) is 5.92 Å². The highest BCUT2D eigenvalue weighted by Crippen LogP contribution is 2.58. The molecule has 1 spiro atoms. The second kappa shape index (κ2) is 8.79. The van der Waals surface area contributed by atoms with Crippen molar-refractivity contribution in [2.75, 3.05) is 10.2 Å². The van der Waals surface area contributed by atoms with E-state index < -0.39 is 23.4 Å². The Bertz CT molecular complexity index is 1700. The van der Waals surface area contributed by atoms with Crippen molar-refractivity contribution in [3.8, 4) is 0 Å². The molecule has 3 aliphatic rings. The molecule has 0 aromatic heterocycles. The van der Waals surface area contributed by atoms with E-state index in [1.54, 1.807) is 48.5 Å². The normalized spacial score (nSPS) is 24.2. The number of hydrogen-bond acceptors (Lipinski definition) is 4. The minimum Gasteiger partial charge on any atom is -0.352 e. The summed E-state index contributed by atoms with van der Waals surface area (Å²) < 4.78 is 0. The number of ketones is 2. The number of fused-ring (bicyclic) bond motifs is 6. The van der Waals surface area contributed by atoms with Crippen LogP contribution >= 0.6 is 11.6 Å². The number of amides is 1. The highest BCUT2D eigenvalue weighted by atomic mass is 35.5. The van der Waals surface area contributed by atoms with E-state index in [1.165, 1.54) is 0 Å². The van der Waals surface area contributed by atoms with E-state index in [9.17, 15) is 14.4 Å². The van der Waals surface area contributed by atoms with Gasteiger partial charge >= 0.3 is 0 Å². The van der Waals surface area contributed by atoms with E-state index in [2.05, 4.69) is 5.32 Å². The topological polar surface area (TPSA) is 66.5 Å². The molecule has 3 aliphatic heterocycles. The molecule has 0 saturated carbocycles. The molecular formula is C33H23ClN2O3. The molecule has 4 atom stereocenters. The summed E-state index contributed by atoms with van der Waals surface area (Å²) in [6.07, 6.45) is 3.95. The van der Waals surface area contributed by atoms with Crippen LogP contribution in [0.15, 0.2) is 109 Å². The molecule has 3 heterocycles. The Morgan fingerprint density at radius 2 is 1.49 bits per heavy atom. The Morgan fingerprint density at radius 3 is 2.31 bits per heavy atom. The minimum absolute atomic E-state index is 0.256. The van der Waals surface area contributed by atoms with E-state index >= 15 is 0 Å². The largest absolute Gasteiger partial charge is 0.352 e. The van der Waals surface area contributed by atoms with Crippen LogP contribution in [0.25, 0.3) is 6.08 Å². The van der Waals surface area contributed by atoms with Crippen molar-refractivity contribution in [3.05, 3.63) is 136 Å². The number of anilines is 2. The zero-order valence-electron chi connectivity index (χ0n) is 20.8. The van der Waals surface area contributed by atoms with Gasteiger partial charge in [-0.2, -0.15) is 0 Å². The smallest absolute Gasteiger partial charge is 0.238 e. The summed E-state index contributed by atoms with van der Waals surface area (Å²) in [7, 11) is 0. The van der Waals surface area contributed by atoms with Gasteiger partial charge in [0.1, 0.15) is 11.5 Å². The van der Waals surface area contributed by atoms with Gasteiger partial charge in [0.15, 0.2) is 11.6 Å². The quantitative estimate of drug-likeness (QED) is 0.319. The summed E-state index contributed by atoms with van der Waals surface area (Å²) in [5.74, 6) is -1.85. The van der Waals surface area contributed by atoms with E-state index in [0.29, 0.717) is 21.8 Å². The second-order valence-electron chi connectivity index (χ2n) is 10.1. The molecule has 190 valence electrons. The number of halogens is 1. The molecule has 39 heavy (non-hydrogen) atoms. The molecule has 0 unspecified atom stereocenters. The third-order valence-electron chi connectivity index (χ3n) is 8.29. The zero-order valence-corrected chi connectivity index (χ0v) is 21.5. The van der Waals surface area contributed by atoms with Gasteiger partial charge in [-0.15, -0.1) is 0 Å². The third-order valence-corrected chi connectivity index (χ3v) is 8.62. The molecule has 1 amide bonds. The lowest BCUT2D eigenvalue weighted by atomic mass is 9.64. The monoisotopic (exact) mass is 530 g/mol. The number of hydrogen-bond donors (Lipinski definition) is 1. The molecule has 1 N–H and O–H groups in total. The first-order chi connectivity index (χ1) is 19.0. The van der Waals surface area contributed by atoms with Gasteiger partial charge in [0.25, 0.3) is 0 Å². The first-order valence-corrected chi connectivity index (χ1v) is 13.3. The first-order valence-electron chi connectivity index (χ1n) is 12.9. The average molecular weight is 531 g/mol. The van der Waals surface area contributed by atoms with Gasteiger partial charge < -0.3 is 10.2 Å². The van der Waals surface area contributed by atoms with Crippen molar-refractivity contribution in [1.29, 1.82) is 0 Å². The van der Waals surface area contributed by atoms with E-state index in [0.717, 1.165) is 16.8 Å². The Kier molecular flexibility index (Phi) is 5.32. The predicted octanol–water partition coefficient (Wildman–Crippen LogP) is 6.20. The van der Waals surface area contributed by atoms with Crippen LogP contribution in [0.1, 0.15) is 31.8 Å². The predicted molar refractivity (Wildman–Crippen MR) is 152 cm³/mol. The molecule has 1 saturated heterocycles. The number of rotatable bonds is 4. The summed E-state index contributed by atoms with van der Waals surface area (Å²) in [6, 6.07) is 29.5. The number of para-hydroxylation sites is 2. The molecule has 0 aliphatic carbocycles. The van der Waals surface area contributed by atoms with Crippen molar-refractivity contribution < 1.29 is 14.4 Å². The SMILES string of the molecule is O=C(c1ccccc1Cl)[C@@H]1[C@H](C(=O)c2ccccc2)[C@@]2(C(=O)Nc3ccccc32)[C@@H]2C=Cc3ccccc3N12. The van der Waals surface area contributed by atoms with Crippen LogP contribution in [0.5, 0.6) is 0 Å². The molecule has 5 nitrogen and oxygen atoms in total. The molecule has 0 radical (unpaired) electrons. The highest BCUT2D eigenvalue weighted by molar-refractivity contribution is 6.34. The Labute approximate surface area is 230 Å². The van der Waals surface area contributed by atoms with Crippen LogP contribution in [-0.4, -0.2) is 29.6 Å². The molecule has 7 rings (SSSR count). The Morgan fingerprint density at radius 1 is 0.795 bits per heavy atom. The van der Waals surface area contributed by atoms with Crippen LogP contribution in [0.2, 0.25) is 5.02 Å². The zero-order chi connectivity index (χ0) is 26.7. The van der Waals surface area contributed by atoms with Gasteiger partial charge in [0.05, 0.1) is 17.0 Å². The number of nitrogens with zero attached hydrogens (tertiary/aromatic N) is 1. The standard InChI is InChI=1S/C33H23ClN2O3/c34-24-15-7-5-13-22(24)31(38)29-28(30(37)21-11-2-1-3-12-21)33(23-14-6-8-16-25(23)35-32(33)39)27-19-18-20-10-4-9-17-26(20)36(27)29/h1-19,27-29H,(H,35,39)/t27-,28+,29-,33-/m0/s1. The lowest BCUT2D eigenvalue weighted by molar-refractivity contribution is -0.121. The maximum atomic E-state index is 14.6. The minimum atomic E-state index is -1.34. The first kappa shape index (κ1) is 23.6. The fraction of sp³-hybridized carbons (Fsp3) is 0.121. The maximum absolute atomic E-state index is 14.6. The van der Waals surface area contributed by atoms with Crippen LogP contribution < -0.4 is 10.2 Å². The Balaban J connectivity index is 1.55. The average Bonchev–Trinajstić information content (AvgIpc) is 3.45. The van der Waals surface area contributed by atoms with E-state index in [1.807, 2.05) is 71.6 Å². The Hall–Kier alpha value is -4.48. The summed E-state index contributed by atoms with van der Waals surface area (Å²) in [5.41, 5.74) is 2.53. The van der Waals surface area contributed by atoms with E-state index in [4.69, 9.17) is 11.6 Å². The summed E-state index contributed by atoms with van der Waals surface area (Å²) in [6.45, 7) is 0. The second-order valence-corrected chi connectivity index (χ2v) is 10.5. The lowest BCUT2D eigenvalue weighted by Crippen LogP contribution is -2.51. The molecular weight excluding hydrogens is 508 g/mol. The van der Waals surface area contributed by atoms with Crippen LogP contribution in [-0.2, 0) is 10.2 Å². The lowest BCUT2D eigenvalue weighted by Gasteiger charge is -2.37. The van der Waals surface area contributed by atoms with Crippen molar-refractivity contribution in [2.45, 2.75) is 17.5 Å². The molecule has 1 fully saturated rings. The summed E-state index contributed by atoms with van der Waals surface area (Å²) in [4.78, 5) is 45.5. The van der Waals surface area contributed by atoms with Gasteiger partial charge in [-0.1, -0.05) is 103 Å². The van der Waals surface area contributed by atoms with E-state index in [-0.39, 0.29) is 17.5 Å². The number of carbonyl (C=O) groups is 3.